The van der Waals surface area contributed by atoms with Crippen molar-refractivity contribution < 1.29 is 0 Å². The molecule has 19 heavy (non-hydrogen) atoms. The van der Waals surface area contributed by atoms with Gasteiger partial charge in [-0.15, -0.1) is 0 Å². The number of benzene rings is 2. The molecule has 0 heterocycles. The van der Waals surface area contributed by atoms with Crippen molar-refractivity contribution in [3.63, 3.8) is 0 Å². The Labute approximate surface area is 123 Å². The number of hydrogen-bond donors (Lipinski definition) is 1. The van der Waals surface area contributed by atoms with E-state index >= 15 is 0 Å². The fourth-order valence-corrected chi connectivity index (χ4v) is 3.17. The van der Waals surface area contributed by atoms with Gasteiger partial charge in [0.25, 0.3) is 0 Å². The maximum absolute atomic E-state index is 6.00. The molecule has 2 aromatic rings. The Morgan fingerprint density at radius 3 is 2.42 bits per heavy atom. The third-order valence-corrected chi connectivity index (χ3v) is 3.95. The summed E-state index contributed by atoms with van der Waals surface area (Å²) in [7, 11) is 0. The topological polar surface area (TPSA) is 12.0 Å². The number of halogens is 2. The summed E-state index contributed by atoms with van der Waals surface area (Å²) in [6.07, 6.45) is 3.70. The molecule has 0 saturated carbocycles. The van der Waals surface area contributed by atoms with Gasteiger partial charge in [-0.1, -0.05) is 29.3 Å². The van der Waals surface area contributed by atoms with E-state index in [2.05, 4.69) is 23.5 Å². The summed E-state index contributed by atoms with van der Waals surface area (Å²) in [5, 5.41) is 4.79. The molecule has 0 aliphatic heterocycles. The van der Waals surface area contributed by atoms with E-state index in [0.29, 0.717) is 10.0 Å². The van der Waals surface area contributed by atoms with Crippen molar-refractivity contribution in [2.24, 2.45) is 0 Å². The Morgan fingerprint density at radius 2 is 1.63 bits per heavy atom. The van der Waals surface area contributed by atoms with E-state index in [1.54, 1.807) is 6.07 Å². The highest BCUT2D eigenvalue weighted by Gasteiger charge is 2.10. The Morgan fingerprint density at radius 1 is 0.895 bits per heavy atom. The lowest BCUT2D eigenvalue weighted by Crippen LogP contribution is -2.00. The summed E-state index contributed by atoms with van der Waals surface area (Å²) in [6, 6.07) is 12.3. The van der Waals surface area contributed by atoms with Gasteiger partial charge >= 0.3 is 0 Å². The van der Waals surface area contributed by atoms with Gasteiger partial charge in [-0.05, 0) is 66.3 Å². The molecule has 0 aromatic heterocycles. The Bertz CT molecular complexity index is 587. The quantitative estimate of drug-likeness (QED) is 0.830. The molecule has 0 fully saturated rings. The molecule has 1 nitrogen and oxygen atoms in total. The molecule has 0 unspecified atom stereocenters. The van der Waals surface area contributed by atoms with Crippen LogP contribution in [0.25, 0.3) is 0 Å². The summed E-state index contributed by atoms with van der Waals surface area (Å²) in [5.74, 6) is 0. The Kier molecular flexibility index (Phi) is 3.67. The first-order valence-electron chi connectivity index (χ1n) is 6.51. The van der Waals surface area contributed by atoms with Crippen LogP contribution in [0, 0.1) is 0 Å². The number of nitrogens with one attached hydrogen (secondary N) is 1. The van der Waals surface area contributed by atoms with E-state index in [1.165, 1.54) is 30.4 Å². The normalized spacial score (nSPS) is 13.4. The van der Waals surface area contributed by atoms with Crippen molar-refractivity contribution in [2.45, 2.75) is 25.8 Å². The van der Waals surface area contributed by atoms with Gasteiger partial charge in [-0.2, -0.15) is 0 Å². The molecule has 0 spiro atoms. The fourth-order valence-electron chi connectivity index (χ4n) is 2.60. The van der Waals surface area contributed by atoms with E-state index in [1.807, 2.05) is 12.1 Å². The lowest BCUT2D eigenvalue weighted by molar-refractivity contribution is 0.912. The maximum Gasteiger partial charge on any atom is 0.0424 e. The van der Waals surface area contributed by atoms with Crippen molar-refractivity contribution in [3.05, 3.63) is 63.1 Å². The lowest BCUT2D eigenvalue weighted by Gasteiger charge is -2.09. The van der Waals surface area contributed by atoms with Gasteiger partial charge in [0.1, 0.15) is 0 Å². The summed E-state index contributed by atoms with van der Waals surface area (Å²) in [6.45, 7) is 0.735. The molecule has 0 amide bonds. The molecular formula is C16H15Cl2N. The second-order valence-corrected chi connectivity index (χ2v) is 5.84. The Hall–Kier alpha value is -1.18. The van der Waals surface area contributed by atoms with Crippen LogP contribution in [0.4, 0.5) is 5.69 Å². The predicted octanol–water partition coefficient (Wildman–Crippen LogP) is 5.09. The molecule has 3 rings (SSSR count). The summed E-state index contributed by atoms with van der Waals surface area (Å²) < 4.78 is 0. The highest BCUT2D eigenvalue weighted by Crippen LogP contribution is 2.25. The van der Waals surface area contributed by atoms with Crippen LogP contribution in [-0.2, 0) is 19.4 Å². The van der Waals surface area contributed by atoms with Crippen LogP contribution >= 0.6 is 23.2 Å². The molecule has 2 aromatic carbocycles. The van der Waals surface area contributed by atoms with Crippen molar-refractivity contribution in [1.29, 1.82) is 0 Å². The number of aryl methyl sites for hydroxylation is 2. The fraction of sp³-hybridized carbons (Fsp3) is 0.250. The van der Waals surface area contributed by atoms with Crippen molar-refractivity contribution in [3.8, 4) is 0 Å². The average molecular weight is 292 g/mol. The van der Waals surface area contributed by atoms with Crippen LogP contribution in [-0.4, -0.2) is 0 Å². The third kappa shape index (κ3) is 3.05. The molecule has 3 heteroatoms. The van der Waals surface area contributed by atoms with Gasteiger partial charge in [0.05, 0.1) is 0 Å². The number of anilines is 1. The van der Waals surface area contributed by atoms with Crippen LogP contribution in [0.1, 0.15) is 23.1 Å². The zero-order valence-electron chi connectivity index (χ0n) is 10.5. The summed E-state index contributed by atoms with van der Waals surface area (Å²) >= 11 is 12.0. The first kappa shape index (κ1) is 12.8. The van der Waals surface area contributed by atoms with Crippen LogP contribution in [0.5, 0.6) is 0 Å². The SMILES string of the molecule is Clc1cc(Cl)cc(CNc2ccc3c(c2)CCC3)c1. The molecule has 0 saturated heterocycles. The highest BCUT2D eigenvalue weighted by molar-refractivity contribution is 6.34. The molecule has 1 aliphatic carbocycles. The van der Waals surface area contributed by atoms with Gasteiger partial charge < -0.3 is 5.32 Å². The predicted molar refractivity (Wildman–Crippen MR) is 82.3 cm³/mol. The lowest BCUT2D eigenvalue weighted by atomic mass is 10.1. The summed E-state index contributed by atoms with van der Waals surface area (Å²) in [4.78, 5) is 0. The maximum atomic E-state index is 6.00. The van der Waals surface area contributed by atoms with E-state index < -0.39 is 0 Å². The molecule has 0 atom stereocenters. The van der Waals surface area contributed by atoms with Crippen molar-refractivity contribution in [1.82, 2.24) is 0 Å². The van der Waals surface area contributed by atoms with Crippen LogP contribution in [0.15, 0.2) is 36.4 Å². The van der Waals surface area contributed by atoms with Gasteiger partial charge in [0.15, 0.2) is 0 Å². The number of hydrogen-bond acceptors (Lipinski definition) is 1. The smallest absolute Gasteiger partial charge is 0.0424 e. The standard InChI is InChI=1S/C16H15Cl2N/c17-14-6-11(7-15(18)9-14)10-19-16-5-4-12-2-1-3-13(12)8-16/h4-9,19H,1-3,10H2. The minimum absolute atomic E-state index is 0.679. The van der Waals surface area contributed by atoms with E-state index in [0.717, 1.165) is 17.8 Å². The minimum Gasteiger partial charge on any atom is -0.381 e. The van der Waals surface area contributed by atoms with Gasteiger partial charge in [0.2, 0.25) is 0 Å². The summed E-state index contributed by atoms with van der Waals surface area (Å²) in [5.41, 5.74) is 5.24. The number of fused-ring (bicyclic) bond motifs is 1. The zero-order valence-corrected chi connectivity index (χ0v) is 12.1. The van der Waals surface area contributed by atoms with Crippen molar-refractivity contribution >= 4 is 28.9 Å². The highest BCUT2D eigenvalue weighted by atomic mass is 35.5. The third-order valence-electron chi connectivity index (χ3n) is 3.52. The van der Waals surface area contributed by atoms with Crippen LogP contribution in [0.2, 0.25) is 10.0 Å². The molecule has 0 bridgehead atoms. The second kappa shape index (κ2) is 5.44. The molecular weight excluding hydrogens is 277 g/mol. The largest absolute Gasteiger partial charge is 0.381 e. The zero-order chi connectivity index (χ0) is 13.2. The van der Waals surface area contributed by atoms with Crippen LogP contribution < -0.4 is 5.32 Å². The number of rotatable bonds is 3. The van der Waals surface area contributed by atoms with Crippen LogP contribution in [0.3, 0.4) is 0 Å². The first-order chi connectivity index (χ1) is 9.20. The molecule has 0 radical (unpaired) electrons. The van der Waals surface area contributed by atoms with Gasteiger partial charge in [-0.25, -0.2) is 0 Å². The minimum atomic E-state index is 0.679. The van der Waals surface area contributed by atoms with Crippen molar-refractivity contribution in [2.75, 3.05) is 5.32 Å². The second-order valence-electron chi connectivity index (χ2n) is 4.97. The van der Waals surface area contributed by atoms with Gasteiger partial charge in [-0.3, -0.25) is 0 Å². The Balaban J connectivity index is 1.72. The van der Waals surface area contributed by atoms with Gasteiger partial charge in [0, 0.05) is 22.3 Å². The monoisotopic (exact) mass is 291 g/mol. The van der Waals surface area contributed by atoms with E-state index in [-0.39, 0.29) is 0 Å². The molecule has 1 aliphatic rings. The van der Waals surface area contributed by atoms with E-state index in [9.17, 15) is 0 Å². The first-order valence-corrected chi connectivity index (χ1v) is 7.27. The van der Waals surface area contributed by atoms with E-state index in [4.69, 9.17) is 23.2 Å². The molecule has 1 N–H and O–H groups in total. The molecule has 98 valence electrons. The average Bonchev–Trinajstić information content (AvgIpc) is 2.82.